The highest BCUT2D eigenvalue weighted by atomic mass is 16.5. The third kappa shape index (κ3) is 6.22. The van der Waals surface area contributed by atoms with Crippen molar-refractivity contribution < 1.29 is 9.53 Å². The van der Waals surface area contributed by atoms with Crippen LogP contribution in [0.5, 0.6) is 5.75 Å². The summed E-state index contributed by atoms with van der Waals surface area (Å²) in [6, 6.07) is 6.20. The van der Waals surface area contributed by atoms with Crippen molar-refractivity contribution in [2.24, 2.45) is 5.92 Å². The second-order valence-corrected chi connectivity index (χ2v) is 7.05. The molecule has 4 nitrogen and oxygen atoms in total. The van der Waals surface area contributed by atoms with Gasteiger partial charge in [0.1, 0.15) is 12.4 Å². The molecular formula is C19H30N2O2. The van der Waals surface area contributed by atoms with Gasteiger partial charge in [-0.15, -0.1) is 0 Å². The molecule has 1 aromatic carbocycles. The van der Waals surface area contributed by atoms with E-state index in [1.165, 1.54) is 11.1 Å². The molecular weight excluding hydrogens is 288 g/mol. The zero-order valence-corrected chi connectivity index (χ0v) is 14.9. The smallest absolute Gasteiger partial charge is 0.220 e. The summed E-state index contributed by atoms with van der Waals surface area (Å²) < 4.78 is 5.81. The molecule has 0 aromatic heterocycles. The first-order valence-electron chi connectivity index (χ1n) is 8.61. The summed E-state index contributed by atoms with van der Waals surface area (Å²) in [5.41, 5.74) is 2.39. The number of hydrogen-bond acceptors (Lipinski definition) is 3. The van der Waals surface area contributed by atoms with Crippen LogP contribution in [0.4, 0.5) is 0 Å². The second kappa shape index (κ2) is 8.34. The first-order chi connectivity index (χ1) is 10.9. The summed E-state index contributed by atoms with van der Waals surface area (Å²) >= 11 is 0. The maximum absolute atomic E-state index is 12.1. The van der Waals surface area contributed by atoms with Gasteiger partial charge in [-0.05, 0) is 82.9 Å². The molecule has 128 valence electrons. The molecule has 23 heavy (non-hydrogen) atoms. The number of amides is 1. The Bertz CT molecular complexity index is 502. The van der Waals surface area contributed by atoms with Gasteiger partial charge in [-0.25, -0.2) is 0 Å². The fourth-order valence-electron chi connectivity index (χ4n) is 3.14. The molecule has 0 spiro atoms. The van der Waals surface area contributed by atoms with Crippen molar-refractivity contribution in [2.45, 2.75) is 46.1 Å². The Kier molecular flexibility index (Phi) is 6.46. The van der Waals surface area contributed by atoms with Gasteiger partial charge in [0.2, 0.25) is 5.91 Å². The predicted molar refractivity (Wildman–Crippen MR) is 93.9 cm³/mol. The van der Waals surface area contributed by atoms with Gasteiger partial charge < -0.3 is 15.0 Å². The van der Waals surface area contributed by atoms with Crippen LogP contribution in [0.1, 0.15) is 37.3 Å². The maximum Gasteiger partial charge on any atom is 0.220 e. The number of aryl methyl sites for hydroxylation is 2. The fraction of sp³-hybridized carbons (Fsp3) is 0.632. The topological polar surface area (TPSA) is 41.6 Å². The number of piperidine rings is 1. The van der Waals surface area contributed by atoms with Crippen molar-refractivity contribution in [3.63, 3.8) is 0 Å². The molecule has 1 atom stereocenters. The maximum atomic E-state index is 12.1. The molecule has 1 amide bonds. The molecule has 4 heteroatoms. The van der Waals surface area contributed by atoms with Crippen molar-refractivity contribution in [1.82, 2.24) is 10.2 Å². The van der Waals surface area contributed by atoms with E-state index < -0.39 is 0 Å². The molecule has 0 bridgehead atoms. The summed E-state index contributed by atoms with van der Waals surface area (Å²) in [6.45, 7) is 8.82. The number of nitrogens with zero attached hydrogens (tertiary/aromatic N) is 1. The molecule has 2 rings (SSSR count). The van der Waals surface area contributed by atoms with E-state index in [1.54, 1.807) is 0 Å². The van der Waals surface area contributed by atoms with Crippen LogP contribution in [-0.4, -0.2) is 43.6 Å². The molecule has 1 fully saturated rings. The predicted octanol–water partition coefficient (Wildman–Crippen LogP) is 2.92. The van der Waals surface area contributed by atoms with E-state index in [1.807, 2.05) is 19.1 Å². The Morgan fingerprint density at radius 2 is 1.87 bits per heavy atom. The number of hydrogen-bond donors (Lipinski definition) is 1. The largest absolute Gasteiger partial charge is 0.491 e. The lowest BCUT2D eigenvalue weighted by atomic mass is 9.93. The standard InChI is InChI=1S/C19H30N2O2/c1-14-9-15(2)11-18(10-14)23-13-16(3)20-19(22)12-17-5-7-21(4)8-6-17/h9-11,16-17H,5-8,12-13H2,1-4H3,(H,20,22). The van der Waals surface area contributed by atoms with Crippen LogP contribution in [0.2, 0.25) is 0 Å². The van der Waals surface area contributed by atoms with E-state index in [0.29, 0.717) is 18.9 Å². The Labute approximate surface area is 140 Å². The van der Waals surface area contributed by atoms with Gasteiger partial charge in [-0.3, -0.25) is 4.79 Å². The van der Waals surface area contributed by atoms with E-state index in [-0.39, 0.29) is 11.9 Å². The van der Waals surface area contributed by atoms with Crippen LogP contribution in [-0.2, 0) is 4.79 Å². The van der Waals surface area contributed by atoms with Crippen LogP contribution < -0.4 is 10.1 Å². The normalized spacial score (nSPS) is 17.7. The summed E-state index contributed by atoms with van der Waals surface area (Å²) in [7, 11) is 2.14. The number of rotatable bonds is 6. The van der Waals surface area contributed by atoms with Crippen LogP contribution in [0, 0.1) is 19.8 Å². The molecule has 1 heterocycles. The van der Waals surface area contributed by atoms with E-state index in [0.717, 1.165) is 31.7 Å². The average Bonchev–Trinajstić information content (AvgIpc) is 2.46. The second-order valence-electron chi connectivity index (χ2n) is 7.05. The van der Waals surface area contributed by atoms with Gasteiger partial charge in [0.15, 0.2) is 0 Å². The minimum Gasteiger partial charge on any atom is -0.491 e. The highest BCUT2D eigenvalue weighted by Gasteiger charge is 2.20. The van der Waals surface area contributed by atoms with E-state index in [9.17, 15) is 4.79 Å². The van der Waals surface area contributed by atoms with Crippen molar-refractivity contribution >= 4 is 5.91 Å². The minimum absolute atomic E-state index is 0.0228. The van der Waals surface area contributed by atoms with Crippen LogP contribution in [0.3, 0.4) is 0 Å². The van der Waals surface area contributed by atoms with Gasteiger partial charge in [0.05, 0.1) is 6.04 Å². The monoisotopic (exact) mass is 318 g/mol. The number of nitrogens with one attached hydrogen (secondary N) is 1. The van der Waals surface area contributed by atoms with Gasteiger partial charge in [0.25, 0.3) is 0 Å². The number of benzene rings is 1. The molecule has 0 radical (unpaired) electrons. The van der Waals surface area contributed by atoms with Crippen LogP contribution >= 0.6 is 0 Å². The molecule has 1 N–H and O–H groups in total. The lowest BCUT2D eigenvalue weighted by Crippen LogP contribution is -2.39. The average molecular weight is 318 g/mol. The summed E-state index contributed by atoms with van der Waals surface area (Å²) in [4.78, 5) is 14.5. The van der Waals surface area contributed by atoms with Crippen LogP contribution in [0.25, 0.3) is 0 Å². The molecule has 1 aromatic rings. The molecule has 1 unspecified atom stereocenters. The van der Waals surface area contributed by atoms with Gasteiger partial charge in [-0.1, -0.05) is 6.07 Å². The third-order valence-electron chi connectivity index (χ3n) is 4.41. The van der Waals surface area contributed by atoms with Crippen molar-refractivity contribution in [3.05, 3.63) is 29.3 Å². The Morgan fingerprint density at radius 1 is 1.26 bits per heavy atom. The van der Waals surface area contributed by atoms with E-state index in [2.05, 4.69) is 37.2 Å². The fourth-order valence-corrected chi connectivity index (χ4v) is 3.14. The first kappa shape index (κ1) is 17.8. The SMILES string of the molecule is Cc1cc(C)cc(OCC(C)NC(=O)CC2CCN(C)CC2)c1. The highest BCUT2D eigenvalue weighted by Crippen LogP contribution is 2.19. The van der Waals surface area contributed by atoms with Gasteiger partial charge >= 0.3 is 0 Å². The molecule has 1 aliphatic rings. The lowest BCUT2D eigenvalue weighted by molar-refractivity contribution is -0.123. The summed E-state index contributed by atoms with van der Waals surface area (Å²) in [5, 5.41) is 3.06. The zero-order valence-electron chi connectivity index (χ0n) is 14.9. The minimum atomic E-state index is 0.0228. The highest BCUT2D eigenvalue weighted by molar-refractivity contribution is 5.76. The lowest BCUT2D eigenvalue weighted by Gasteiger charge is -2.28. The van der Waals surface area contributed by atoms with Gasteiger partial charge in [0, 0.05) is 6.42 Å². The Hall–Kier alpha value is -1.55. The van der Waals surface area contributed by atoms with E-state index in [4.69, 9.17) is 4.74 Å². The van der Waals surface area contributed by atoms with Gasteiger partial charge in [-0.2, -0.15) is 0 Å². The Morgan fingerprint density at radius 3 is 2.48 bits per heavy atom. The van der Waals surface area contributed by atoms with Crippen molar-refractivity contribution in [1.29, 1.82) is 0 Å². The first-order valence-corrected chi connectivity index (χ1v) is 8.61. The Balaban J connectivity index is 1.71. The molecule has 0 aliphatic carbocycles. The number of carbonyl (C=O) groups is 1. The number of likely N-dealkylation sites (tertiary alicyclic amines) is 1. The molecule has 1 saturated heterocycles. The summed E-state index contributed by atoms with van der Waals surface area (Å²) in [5.74, 6) is 1.55. The molecule has 0 saturated carbocycles. The van der Waals surface area contributed by atoms with E-state index >= 15 is 0 Å². The zero-order chi connectivity index (χ0) is 16.8. The number of ether oxygens (including phenoxy) is 1. The summed E-state index contributed by atoms with van der Waals surface area (Å²) in [6.07, 6.45) is 2.89. The molecule has 1 aliphatic heterocycles. The van der Waals surface area contributed by atoms with Crippen molar-refractivity contribution in [2.75, 3.05) is 26.7 Å². The van der Waals surface area contributed by atoms with Crippen LogP contribution in [0.15, 0.2) is 18.2 Å². The number of carbonyl (C=O) groups excluding carboxylic acids is 1. The third-order valence-corrected chi connectivity index (χ3v) is 4.41. The van der Waals surface area contributed by atoms with Crippen molar-refractivity contribution in [3.8, 4) is 5.75 Å². The quantitative estimate of drug-likeness (QED) is 0.877.